The average molecular weight is 537 g/mol. The van der Waals surface area contributed by atoms with E-state index in [0.717, 1.165) is 53.9 Å². The Morgan fingerprint density at radius 2 is 1.59 bits per heavy atom. The Morgan fingerprint density at radius 1 is 0.897 bits per heavy atom. The largest absolute Gasteiger partial charge is 0.462 e. The molecule has 4 fully saturated rings. The molecule has 0 aliphatic heterocycles. The summed E-state index contributed by atoms with van der Waals surface area (Å²) in [4.78, 5) is 12.8. The van der Waals surface area contributed by atoms with Crippen molar-refractivity contribution in [1.29, 1.82) is 0 Å². The summed E-state index contributed by atoms with van der Waals surface area (Å²) in [5, 5.41) is 0. The van der Waals surface area contributed by atoms with Crippen LogP contribution in [0, 0.1) is 52.3 Å². The van der Waals surface area contributed by atoms with Crippen molar-refractivity contribution in [1.82, 2.24) is 0 Å². The molecule has 5 rings (SSSR count). The number of nitrogens with two attached hydrogens (primary N) is 2. The molecule has 0 radical (unpaired) electrons. The lowest BCUT2D eigenvalue weighted by Crippen LogP contribution is -2.54. The Bertz CT molecular complexity index is 1000. The first-order valence-corrected chi connectivity index (χ1v) is 16.3. The van der Waals surface area contributed by atoms with Gasteiger partial charge in [-0.15, -0.1) is 0 Å². The summed E-state index contributed by atoms with van der Waals surface area (Å²) >= 11 is 0. The monoisotopic (exact) mass is 536 g/mol. The Morgan fingerprint density at radius 3 is 2.31 bits per heavy atom. The predicted octanol–water partition coefficient (Wildman–Crippen LogP) is 8.43. The van der Waals surface area contributed by atoms with E-state index in [4.69, 9.17) is 16.2 Å². The number of fused-ring (bicyclic) bond motifs is 5. The molecule has 0 aromatic heterocycles. The molecule has 9 atom stereocenters. The van der Waals surface area contributed by atoms with Crippen LogP contribution >= 0.6 is 0 Å². The van der Waals surface area contributed by atoms with Gasteiger partial charge in [0, 0.05) is 11.4 Å². The number of rotatable bonds is 8. The molecule has 0 spiro atoms. The van der Waals surface area contributed by atoms with Crippen LogP contribution in [0.25, 0.3) is 0 Å². The molecule has 0 amide bonds. The maximum atomic E-state index is 12.8. The van der Waals surface area contributed by atoms with Gasteiger partial charge in [0.15, 0.2) is 0 Å². The van der Waals surface area contributed by atoms with E-state index < -0.39 is 0 Å². The number of esters is 1. The van der Waals surface area contributed by atoms with E-state index in [0.29, 0.717) is 28.1 Å². The van der Waals surface area contributed by atoms with E-state index in [1.807, 2.05) is 12.1 Å². The molecule has 4 nitrogen and oxygen atoms in total. The molecule has 9 unspecified atom stereocenters. The molecule has 0 bridgehead atoms. The standard InChI is InChI=1S/C35H56N2O2/c1-22(2)7-6-8-23(3)30-11-12-31-29-10-9-25-20-28(13-15-34(25,4)32(29)14-16-35(30,31)5)39-33(38)19-24-17-26(36)21-27(37)18-24/h17-18,21-23,25,28-32H,6-16,19-20,36-37H2,1-5H3. The maximum absolute atomic E-state index is 12.8. The van der Waals surface area contributed by atoms with Crippen LogP contribution in [0.1, 0.15) is 117 Å². The van der Waals surface area contributed by atoms with Crippen LogP contribution < -0.4 is 11.5 Å². The summed E-state index contributed by atoms with van der Waals surface area (Å²) in [5.74, 6) is 5.86. The van der Waals surface area contributed by atoms with Crippen LogP contribution in [0.2, 0.25) is 0 Å². The van der Waals surface area contributed by atoms with E-state index in [-0.39, 0.29) is 18.5 Å². The highest BCUT2D eigenvalue weighted by molar-refractivity contribution is 5.74. The molecular weight excluding hydrogens is 480 g/mol. The number of anilines is 2. The van der Waals surface area contributed by atoms with Crippen molar-refractivity contribution in [3.8, 4) is 0 Å². The zero-order valence-electron chi connectivity index (χ0n) is 25.5. The third kappa shape index (κ3) is 5.73. The van der Waals surface area contributed by atoms with Gasteiger partial charge in [-0.2, -0.15) is 0 Å². The van der Waals surface area contributed by atoms with Crippen LogP contribution in [-0.4, -0.2) is 12.1 Å². The van der Waals surface area contributed by atoms with Gasteiger partial charge in [0.25, 0.3) is 0 Å². The highest BCUT2D eigenvalue weighted by Gasteiger charge is 2.60. The molecule has 39 heavy (non-hydrogen) atoms. The van der Waals surface area contributed by atoms with Crippen molar-refractivity contribution >= 4 is 17.3 Å². The maximum Gasteiger partial charge on any atom is 0.310 e. The summed E-state index contributed by atoms with van der Waals surface area (Å²) in [6.07, 6.45) is 16.3. The molecule has 4 N–H and O–H groups in total. The molecule has 4 aliphatic carbocycles. The molecule has 4 aliphatic rings. The number of ether oxygens (including phenoxy) is 1. The molecule has 0 saturated heterocycles. The number of hydrogen-bond acceptors (Lipinski definition) is 4. The van der Waals surface area contributed by atoms with Crippen molar-refractivity contribution < 1.29 is 9.53 Å². The zero-order chi connectivity index (χ0) is 27.9. The van der Waals surface area contributed by atoms with Crippen molar-refractivity contribution in [2.45, 2.75) is 124 Å². The van der Waals surface area contributed by atoms with Gasteiger partial charge in [0.2, 0.25) is 0 Å². The second kappa shape index (κ2) is 11.3. The Labute approximate surface area is 238 Å². The van der Waals surface area contributed by atoms with Crippen molar-refractivity contribution in [3.05, 3.63) is 23.8 Å². The second-order valence-corrected chi connectivity index (χ2v) is 15.3. The van der Waals surface area contributed by atoms with E-state index in [1.54, 1.807) is 6.07 Å². The molecular formula is C35H56N2O2. The van der Waals surface area contributed by atoms with Gasteiger partial charge in [-0.05, 0) is 134 Å². The van der Waals surface area contributed by atoms with Crippen molar-refractivity contribution in [3.63, 3.8) is 0 Å². The van der Waals surface area contributed by atoms with Crippen LogP contribution in [0.15, 0.2) is 18.2 Å². The minimum absolute atomic E-state index is 0.0573. The molecule has 1 aromatic carbocycles. The summed E-state index contributed by atoms with van der Waals surface area (Å²) in [6.45, 7) is 12.6. The molecule has 218 valence electrons. The molecule has 0 heterocycles. The van der Waals surface area contributed by atoms with Gasteiger partial charge >= 0.3 is 5.97 Å². The quantitative estimate of drug-likeness (QED) is 0.258. The van der Waals surface area contributed by atoms with Gasteiger partial charge in [-0.1, -0.05) is 53.9 Å². The van der Waals surface area contributed by atoms with E-state index in [1.165, 1.54) is 64.2 Å². The number of hydrogen-bond donors (Lipinski definition) is 2. The van der Waals surface area contributed by atoms with Crippen molar-refractivity contribution in [2.24, 2.45) is 52.3 Å². The average Bonchev–Trinajstić information content (AvgIpc) is 3.20. The highest BCUT2D eigenvalue weighted by Crippen LogP contribution is 2.68. The van der Waals surface area contributed by atoms with Crippen LogP contribution in [0.4, 0.5) is 11.4 Å². The predicted molar refractivity (Wildman–Crippen MR) is 162 cm³/mol. The number of carbonyl (C=O) groups is 1. The van der Waals surface area contributed by atoms with E-state index >= 15 is 0 Å². The fourth-order valence-corrected chi connectivity index (χ4v) is 10.6. The molecule has 1 aromatic rings. The minimum atomic E-state index is -0.143. The fourth-order valence-electron chi connectivity index (χ4n) is 10.6. The second-order valence-electron chi connectivity index (χ2n) is 15.3. The van der Waals surface area contributed by atoms with Gasteiger partial charge < -0.3 is 16.2 Å². The summed E-state index contributed by atoms with van der Waals surface area (Å²) in [5.41, 5.74) is 14.8. The van der Waals surface area contributed by atoms with Crippen LogP contribution in [0.5, 0.6) is 0 Å². The lowest BCUT2D eigenvalue weighted by molar-refractivity contribution is -0.162. The summed E-state index contributed by atoms with van der Waals surface area (Å²) in [6, 6.07) is 5.38. The summed E-state index contributed by atoms with van der Waals surface area (Å²) < 4.78 is 6.06. The lowest BCUT2D eigenvalue weighted by atomic mass is 9.44. The van der Waals surface area contributed by atoms with Gasteiger partial charge in [-0.25, -0.2) is 0 Å². The van der Waals surface area contributed by atoms with Gasteiger partial charge in [-0.3, -0.25) is 4.79 Å². The third-order valence-corrected chi connectivity index (χ3v) is 12.5. The third-order valence-electron chi connectivity index (χ3n) is 12.5. The Kier molecular flexibility index (Phi) is 8.33. The van der Waals surface area contributed by atoms with Gasteiger partial charge in [0.1, 0.15) is 6.10 Å². The first-order valence-electron chi connectivity index (χ1n) is 16.3. The normalized spacial score (nSPS) is 38.5. The SMILES string of the molecule is CC(C)CCCC(C)C1CCC2C3CCC4CC(OC(=O)Cc5cc(N)cc(N)c5)CCC4(C)C3CCC12C. The number of carbonyl (C=O) groups excluding carboxylic acids is 1. The van der Waals surface area contributed by atoms with Crippen LogP contribution in [0.3, 0.4) is 0 Å². The molecule has 4 saturated carbocycles. The number of nitrogen functional groups attached to an aromatic ring is 2. The fraction of sp³-hybridized carbons (Fsp3) is 0.800. The van der Waals surface area contributed by atoms with Crippen LogP contribution in [-0.2, 0) is 16.0 Å². The van der Waals surface area contributed by atoms with Crippen molar-refractivity contribution in [2.75, 3.05) is 11.5 Å². The lowest BCUT2D eigenvalue weighted by Gasteiger charge is -2.61. The minimum Gasteiger partial charge on any atom is -0.462 e. The Hall–Kier alpha value is -1.71. The number of benzene rings is 1. The first-order chi connectivity index (χ1) is 18.5. The Balaban J connectivity index is 1.19. The zero-order valence-corrected chi connectivity index (χ0v) is 25.5. The first kappa shape index (κ1) is 28.8. The topological polar surface area (TPSA) is 78.3 Å². The summed E-state index contributed by atoms with van der Waals surface area (Å²) in [7, 11) is 0. The highest BCUT2D eigenvalue weighted by atomic mass is 16.5. The van der Waals surface area contributed by atoms with E-state index in [2.05, 4.69) is 34.6 Å². The van der Waals surface area contributed by atoms with E-state index in [9.17, 15) is 4.79 Å². The van der Waals surface area contributed by atoms with Gasteiger partial charge in [0.05, 0.1) is 6.42 Å². The smallest absolute Gasteiger partial charge is 0.310 e. The molecule has 4 heteroatoms.